The molecule has 0 aromatic carbocycles. The molecular formula is C11H23O2SSb. The first-order valence-electron chi connectivity index (χ1n) is 5.70. The fourth-order valence-electron chi connectivity index (χ4n) is 1.20. The minimum atomic E-state index is -0.848. The summed E-state index contributed by atoms with van der Waals surface area (Å²) >= 11 is 3.14. The Labute approximate surface area is 110 Å². The Hall–Kier alpha value is 0.638. The molecule has 0 N–H and O–H groups in total. The van der Waals surface area contributed by atoms with Crippen molar-refractivity contribution in [1.82, 2.24) is 0 Å². The van der Waals surface area contributed by atoms with Crippen molar-refractivity contribution < 1.29 is 7.81 Å². The number of unbranched alkanes of at least 4 members (excludes halogenated alkanes) is 2. The molecule has 0 aliphatic rings. The van der Waals surface area contributed by atoms with Crippen LogP contribution in [0.5, 0.6) is 0 Å². The fraction of sp³-hybridized carbons (Fsp3) is 0.909. The van der Waals surface area contributed by atoms with Crippen LogP contribution in [0.4, 0.5) is 0 Å². The molecule has 90 valence electrons. The molecule has 4 heteroatoms. The summed E-state index contributed by atoms with van der Waals surface area (Å²) in [5, 5.41) is 0. The van der Waals surface area contributed by atoms with Crippen molar-refractivity contribution in [3.05, 3.63) is 0 Å². The minimum absolute atomic E-state index is 0.0428. The summed E-state index contributed by atoms with van der Waals surface area (Å²) in [5.74, 6) is 1.38. The van der Waals surface area contributed by atoms with Crippen LogP contribution in [-0.2, 0) is 7.81 Å². The Morgan fingerprint density at radius 3 is 2.67 bits per heavy atom. The zero-order valence-electron chi connectivity index (χ0n) is 9.79. The molecule has 0 saturated carbocycles. The van der Waals surface area contributed by atoms with E-state index >= 15 is 0 Å². The van der Waals surface area contributed by atoms with Crippen molar-refractivity contribution in [1.29, 1.82) is 0 Å². The van der Waals surface area contributed by atoms with Gasteiger partial charge in [-0.25, -0.2) is 0 Å². The van der Waals surface area contributed by atoms with E-state index < -0.39 is 22.0 Å². The van der Waals surface area contributed by atoms with E-state index in [4.69, 9.17) is 3.02 Å². The third kappa shape index (κ3) is 12.6. The first-order chi connectivity index (χ1) is 7.16. The predicted octanol–water partition coefficient (Wildman–Crippen LogP) is 2.84. The number of hydrogen-bond acceptors (Lipinski definition) is 3. The van der Waals surface area contributed by atoms with Crippen molar-refractivity contribution in [2.45, 2.75) is 50.3 Å². The van der Waals surface area contributed by atoms with Crippen molar-refractivity contribution in [3.63, 3.8) is 0 Å². The summed E-state index contributed by atoms with van der Waals surface area (Å²) in [6, 6.07) is 0. The molecule has 0 fully saturated rings. The second-order valence-electron chi connectivity index (χ2n) is 4.09. The topological polar surface area (TPSA) is 26.3 Å². The molecule has 0 aliphatic heterocycles. The van der Waals surface area contributed by atoms with E-state index in [1.54, 1.807) is 0 Å². The van der Waals surface area contributed by atoms with Gasteiger partial charge in [-0.05, 0) is 0 Å². The van der Waals surface area contributed by atoms with Crippen molar-refractivity contribution in [2.75, 3.05) is 5.75 Å². The third-order valence-corrected chi connectivity index (χ3v) is 4.94. The fourth-order valence-corrected chi connectivity index (χ4v) is 3.55. The van der Waals surface area contributed by atoms with E-state index in [9.17, 15) is 4.79 Å². The van der Waals surface area contributed by atoms with Gasteiger partial charge in [0.1, 0.15) is 0 Å². The number of carbonyl (C=O) groups is 1. The van der Waals surface area contributed by atoms with Crippen LogP contribution in [0.3, 0.4) is 0 Å². The zero-order chi connectivity index (χ0) is 11.5. The van der Waals surface area contributed by atoms with Gasteiger partial charge in [0.15, 0.2) is 0 Å². The monoisotopic (exact) mass is 340 g/mol. The zero-order valence-corrected chi connectivity index (χ0v) is 13.5. The molecule has 0 amide bonds. The van der Waals surface area contributed by atoms with Gasteiger partial charge in [0.2, 0.25) is 0 Å². The van der Waals surface area contributed by atoms with Crippen LogP contribution >= 0.6 is 12.6 Å². The van der Waals surface area contributed by atoms with Crippen LogP contribution in [0, 0.1) is 5.92 Å². The molecule has 0 aliphatic carbocycles. The van der Waals surface area contributed by atoms with Gasteiger partial charge in [-0.1, -0.05) is 0 Å². The van der Waals surface area contributed by atoms with Crippen LogP contribution < -0.4 is 0 Å². The van der Waals surface area contributed by atoms with Gasteiger partial charge in [-0.2, -0.15) is 0 Å². The molecule has 15 heavy (non-hydrogen) atoms. The number of hydrogen-bond donors (Lipinski definition) is 1. The number of carbonyl (C=O) groups excluding carboxylic acids is 1. The summed E-state index contributed by atoms with van der Waals surface area (Å²) in [5.41, 5.74) is 0. The summed E-state index contributed by atoms with van der Waals surface area (Å²) in [7, 11) is 0. The van der Waals surface area contributed by atoms with Gasteiger partial charge >= 0.3 is 110 Å². The predicted molar refractivity (Wildman–Crippen MR) is 69.8 cm³/mol. The number of rotatable bonds is 9. The first kappa shape index (κ1) is 15.6. The molecule has 0 aromatic heterocycles. The van der Waals surface area contributed by atoms with Crippen LogP contribution in [-0.4, -0.2) is 33.8 Å². The standard InChI is InChI=1S/C8H17.C3H6O2S.Sb.H/c1-4-5-6-7-8(2)3;4-3(5)1-2-6;;/h8H,1,4-7H2,2-3H3;6H,1-2H2,(H,4,5);;/q;;+1;/p-1. The molecule has 0 atom stereocenters. The Morgan fingerprint density at radius 2 is 2.07 bits per heavy atom. The summed E-state index contributed by atoms with van der Waals surface area (Å²) < 4.78 is 6.36. The van der Waals surface area contributed by atoms with Crippen LogP contribution in [0.2, 0.25) is 4.37 Å². The van der Waals surface area contributed by atoms with Crippen LogP contribution in [0.25, 0.3) is 0 Å². The normalized spacial score (nSPS) is 10.7. The van der Waals surface area contributed by atoms with Gasteiger partial charge in [0.25, 0.3) is 0 Å². The Balaban J connectivity index is 3.08. The van der Waals surface area contributed by atoms with Crippen molar-refractivity contribution in [3.8, 4) is 0 Å². The van der Waals surface area contributed by atoms with Gasteiger partial charge < -0.3 is 0 Å². The molecule has 0 heterocycles. The SMILES string of the molecule is CC(C)CCCC[CH2][SbH][O]C(=O)CCS. The van der Waals surface area contributed by atoms with E-state index in [2.05, 4.69) is 26.5 Å². The second kappa shape index (κ2) is 11.1. The molecule has 0 saturated heterocycles. The van der Waals surface area contributed by atoms with E-state index in [1.165, 1.54) is 30.1 Å². The Bertz CT molecular complexity index is 163. The van der Waals surface area contributed by atoms with Gasteiger partial charge in [-0.15, -0.1) is 0 Å². The maximum absolute atomic E-state index is 11.0. The maximum atomic E-state index is 11.0. The van der Waals surface area contributed by atoms with E-state index in [1.807, 2.05) is 0 Å². The molecule has 0 aromatic rings. The van der Waals surface area contributed by atoms with Crippen LogP contribution in [0.15, 0.2) is 0 Å². The molecule has 0 rings (SSSR count). The second-order valence-corrected chi connectivity index (χ2v) is 7.37. The quantitative estimate of drug-likeness (QED) is 0.397. The average Bonchev–Trinajstić information content (AvgIpc) is 2.16. The van der Waals surface area contributed by atoms with E-state index in [-0.39, 0.29) is 5.97 Å². The van der Waals surface area contributed by atoms with E-state index in [0.29, 0.717) is 12.2 Å². The number of thiol groups is 1. The van der Waals surface area contributed by atoms with Crippen LogP contribution in [0.1, 0.15) is 46.0 Å². The molecule has 0 bridgehead atoms. The van der Waals surface area contributed by atoms with E-state index in [0.717, 1.165) is 5.92 Å². The van der Waals surface area contributed by atoms with Gasteiger partial charge in [0, 0.05) is 0 Å². The molecule has 0 radical (unpaired) electrons. The van der Waals surface area contributed by atoms with Crippen molar-refractivity contribution >= 4 is 40.6 Å². The summed E-state index contributed by atoms with van der Waals surface area (Å²) in [4.78, 5) is 11.0. The third-order valence-electron chi connectivity index (χ3n) is 2.06. The van der Waals surface area contributed by atoms with Gasteiger partial charge in [-0.3, -0.25) is 0 Å². The first-order valence-corrected chi connectivity index (χ1v) is 9.51. The van der Waals surface area contributed by atoms with Crippen molar-refractivity contribution in [2.24, 2.45) is 5.92 Å². The Morgan fingerprint density at radius 1 is 1.33 bits per heavy atom. The van der Waals surface area contributed by atoms with Gasteiger partial charge in [0.05, 0.1) is 0 Å². The molecule has 0 spiro atoms. The average molecular weight is 341 g/mol. The molecule has 2 nitrogen and oxygen atoms in total. The summed E-state index contributed by atoms with van der Waals surface area (Å²) in [6.45, 7) is 4.52. The Kier molecular flexibility index (Phi) is 11.6. The molecule has 0 unspecified atom stereocenters. The molecular weight excluding hydrogens is 318 g/mol. The summed E-state index contributed by atoms with van der Waals surface area (Å²) in [6.07, 6.45) is 5.65.